The van der Waals surface area contributed by atoms with Crippen LogP contribution in [0.25, 0.3) is 0 Å². The number of carbonyl (C=O) groups is 1. The lowest BCUT2D eigenvalue weighted by molar-refractivity contribution is -0.114. The van der Waals surface area contributed by atoms with Gasteiger partial charge in [-0.3, -0.25) is 4.79 Å². The summed E-state index contributed by atoms with van der Waals surface area (Å²) >= 11 is 0. The Balaban J connectivity index is 1.47. The summed E-state index contributed by atoms with van der Waals surface area (Å²) in [6.45, 7) is 5.07. The first-order valence-electron chi connectivity index (χ1n) is 8.86. The maximum atomic E-state index is 12.1. The quantitative estimate of drug-likeness (QED) is 0.807. The Morgan fingerprint density at radius 2 is 1.64 bits per heavy atom. The lowest BCUT2D eigenvalue weighted by Gasteiger charge is -2.17. The molecule has 132 valence electrons. The summed E-state index contributed by atoms with van der Waals surface area (Å²) in [7, 11) is 0. The first-order chi connectivity index (χ1) is 12.2. The van der Waals surface area contributed by atoms with Crippen LogP contribution in [0.4, 0.5) is 17.1 Å². The van der Waals surface area contributed by atoms with E-state index >= 15 is 0 Å². The Morgan fingerprint density at radius 1 is 1.00 bits per heavy atom. The maximum Gasteiger partial charge on any atom is 0.243 e. The molecular formula is C20H25N3O2. The van der Waals surface area contributed by atoms with Crippen molar-refractivity contribution in [3.63, 3.8) is 0 Å². The zero-order valence-corrected chi connectivity index (χ0v) is 14.6. The van der Waals surface area contributed by atoms with Gasteiger partial charge in [-0.1, -0.05) is 0 Å². The Hall–Kier alpha value is -2.69. The molecule has 0 saturated carbocycles. The molecule has 1 aliphatic rings. The molecule has 1 fully saturated rings. The highest BCUT2D eigenvalue weighted by atomic mass is 16.5. The van der Waals surface area contributed by atoms with E-state index in [1.807, 2.05) is 43.3 Å². The van der Waals surface area contributed by atoms with Gasteiger partial charge >= 0.3 is 0 Å². The van der Waals surface area contributed by atoms with Crippen LogP contribution < -0.4 is 20.3 Å². The van der Waals surface area contributed by atoms with E-state index in [2.05, 4.69) is 27.7 Å². The number of nitrogens with zero attached hydrogens (tertiary/aromatic N) is 1. The lowest BCUT2D eigenvalue weighted by Crippen LogP contribution is -2.22. The van der Waals surface area contributed by atoms with Crippen molar-refractivity contribution in [3.8, 4) is 5.75 Å². The standard InChI is InChI=1S/C20H25N3O2/c1-2-25-19-11-7-16(8-12-19)21-15-20(24)22-17-5-9-18(10-6-17)23-13-3-4-14-23/h5-12,21H,2-4,13-15H2,1H3,(H,22,24). The lowest BCUT2D eigenvalue weighted by atomic mass is 10.2. The summed E-state index contributed by atoms with van der Waals surface area (Å²) in [5.74, 6) is 0.762. The molecule has 25 heavy (non-hydrogen) atoms. The van der Waals surface area contributed by atoms with Crippen molar-refractivity contribution >= 4 is 23.0 Å². The van der Waals surface area contributed by atoms with Crippen molar-refractivity contribution in [3.05, 3.63) is 48.5 Å². The van der Waals surface area contributed by atoms with Crippen LogP contribution in [0.2, 0.25) is 0 Å². The van der Waals surface area contributed by atoms with Gasteiger partial charge in [0.2, 0.25) is 5.91 Å². The third kappa shape index (κ3) is 4.89. The second kappa shape index (κ2) is 8.42. The van der Waals surface area contributed by atoms with E-state index in [1.54, 1.807) is 0 Å². The smallest absolute Gasteiger partial charge is 0.243 e. The van der Waals surface area contributed by atoms with Gasteiger partial charge in [-0.15, -0.1) is 0 Å². The van der Waals surface area contributed by atoms with Crippen LogP contribution in [0.3, 0.4) is 0 Å². The summed E-state index contributed by atoms with van der Waals surface area (Å²) in [5, 5.41) is 6.03. The van der Waals surface area contributed by atoms with E-state index in [0.29, 0.717) is 6.61 Å². The molecule has 0 radical (unpaired) electrons. The number of benzene rings is 2. The molecule has 3 rings (SSSR count). The molecule has 5 heteroatoms. The van der Waals surface area contributed by atoms with Gasteiger partial charge in [0.15, 0.2) is 0 Å². The molecule has 2 aromatic carbocycles. The molecule has 2 N–H and O–H groups in total. The Morgan fingerprint density at radius 3 is 2.28 bits per heavy atom. The Labute approximate surface area is 149 Å². The van der Waals surface area contributed by atoms with Gasteiger partial charge in [-0.25, -0.2) is 0 Å². The number of carbonyl (C=O) groups excluding carboxylic acids is 1. The number of hydrogen-bond donors (Lipinski definition) is 2. The van der Waals surface area contributed by atoms with Crippen LogP contribution in [0.15, 0.2) is 48.5 Å². The van der Waals surface area contributed by atoms with E-state index in [-0.39, 0.29) is 12.5 Å². The van der Waals surface area contributed by atoms with Crippen LogP contribution in [-0.2, 0) is 4.79 Å². The van der Waals surface area contributed by atoms with Crippen molar-refractivity contribution < 1.29 is 9.53 Å². The molecule has 1 saturated heterocycles. The van der Waals surface area contributed by atoms with Crippen molar-refractivity contribution in [2.75, 3.05) is 41.8 Å². The number of hydrogen-bond acceptors (Lipinski definition) is 4. The van der Waals surface area contributed by atoms with Crippen LogP contribution >= 0.6 is 0 Å². The van der Waals surface area contributed by atoms with Crippen molar-refractivity contribution in [2.24, 2.45) is 0 Å². The van der Waals surface area contributed by atoms with Gasteiger partial charge in [-0.2, -0.15) is 0 Å². The minimum atomic E-state index is -0.0668. The number of ether oxygens (including phenoxy) is 1. The number of nitrogens with one attached hydrogen (secondary N) is 2. The predicted molar refractivity (Wildman–Crippen MR) is 103 cm³/mol. The molecule has 0 aromatic heterocycles. The van der Waals surface area contributed by atoms with E-state index in [1.165, 1.54) is 18.5 Å². The molecule has 0 unspecified atom stereocenters. The summed E-state index contributed by atoms with van der Waals surface area (Å²) < 4.78 is 5.40. The Bertz CT molecular complexity index is 677. The molecule has 1 amide bonds. The van der Waals surface area contributed by atoms with Gasteiger partial charge in [0.05, 0.1) is 13.2 Å². The molecule has 5 nitrogen and oxygen atoms in total. The first-order valence-corrected chi connectivity index (χ1v) is 8.86. The zero-order chi connectivity index (χ0) is 17.5. The summed E-state index contributed by atoms with van der Waals surface area (Å²) in [4.78, 5) is 14.5. The van der Waals surface area contributed by atoms with Crippen LogP contribution in [0.5, 0.6) is 5.75 Å². The summed E-state index contributed by atoms with van der Waals surface area (Å²) in [6, 6.07) is 15.7. The first kappa shape index (κ1) is 17.1. The van der Waals surface area contributed by atoms with E-state index < -0.39 is 0 Å². The van der Waals surface area contributed by atoms with Gasteiger partial charge < -0.3 is 20.3 Å². The molecule has 0 spiro atoms. The third-order valence-corrected chi connectivity index (χ3v) is 4.24. The van der Waals surface area contributed by atoms with Gasteiger partial charge in [0.1, 0.15) is 5.75 Å². The highest BCUT2D eigenvalue weighted by Gasteiger charge is 2.12. The fourth-order valence-corrected chi connectivity index (χ4v) is 2.95. The summed E-state index contributed by atoms with van der Waals surface area (Å²) in [6.07, 6.45) is 2.52. The fraction of sp³-hybridized carbons (Fsp3) is 0.350. The van der Waals surface area contributed by atoms with Gasteiger partial charge in [0, 0.05) is 30.2 Å². The second-order valence-electron chi connectivity index (χ2n) is 6.10. The predicted octanol–water partition coefficient (Wildman–Crippen LogP) is 3.74. The third-order valence-electron chi connectivity index (χ3n) is 4.24. The van der Waals surface area contributed by atoms with Crippen LogP contribution in [0.1, 0.15) is 19.8 Å². The van der Waals surface area contributed by atoms with E-state index in [4.69, 9.17) is 4.74 Å². The average molecular weight is 339 g/mol. The summed E-state index contributed by atoms with van der Waals surface area (Å²) in [5.41, 5.74) is 2.94. The monoisotopic (exact) mass is 339 g/mol. The van der Waals surface area contributed by atoms with Crippen LogP contribution in [-0.4, -0.2) is 32.1 Å². The number of anilines is 3. The number of amides is 1. The van der Waals surface area contributed by atoms with E-state index in [0.717, 1.165) is 30.2 Å². The minimum absolute atomic E-state index is 0.0668. The Kier molecular flexibility index (Phi) is 5.77. The molecule has 1 aliphatic heterocycles. The minimum Gasteiger partial charge on any atom is -0.494 e. The molecule has 0 aliphatic carbocycles. The normalized spacial score (nSPS) is 13.6. The molecule has 1 heterocycles. The molecule has 0 bridgehead atoms. The average Bonchev–Trinajstić information content (AvgIpc) is 3.17. The maximum absolute atomic E-state index is 12.1. The topological polar surface area (TPSA) is 53.6 Å². The largest absolute Gasteiger partial charge is 0.494 e. The SMILES string of the molecule is CCOc1ccc(NCC(=O)Nc2ccc(N3CCCC3)cc2)cc1. The molecule has 0 atom stereocenters. The molecule has 2 aromatic rings. The van der Waals surface area contributed by atoms with Gasteiger partial charge in [-0.05, 0) is 68.3 Å². The number of rotatable bonds is 7. The van der Waals surface area contributed by atoms with Crippen molar-refractivity contribution in [2.45, 2.75) is 19.8 Å². The van der Waals surface area contributed by atoms with Gasteiger partial charge in [0.25, 0.3) is 0 Å². The van der Waals surface area contributed by atoms with E-state index in [9.17, 15) is 4.79 Å². The van der Waals surface area contributed by atoms with Crippen molar-refractivity contribution in [1.29, 1.82) is 0 Å². The fourth-order valence-electron chi connectivity index (χ4n) is 2.95. The van der Waals surface area contributed by atoms with Crippen LogP contribution in [0, 0.1) is 0 Å². The zero-order valence-electron chi connectivity index (χ0n) is 14.6. The molecular weight excluding hydrogens is 314 g/mol. The second-order valence-corrected chi connectivity index (χ2v) is 6.10. The highest BCUT2D eigenvalue weighted by molar-refractivity contribution is 5.93. The van der Waals surface area contributed by atoms with Crippen molar-refractivity contribution in [1.82, 2.24) is 0 Å². The highest BCUT2D eigenvalue weighted by Crippen LogP contribution is 2.22.